The highest BCUT2D eigenvalue weighted by atomic mass is 32.2. The number of benzene rings is 3. The van der Waals surface area contributed by atoms with Crippen molar-refractivity contribution in [3.63, 3.8) is 0 Å². The first-order valence-corrected chi connectivity index (χ1v) is 11.9. The van der Waals surface area contributed by atoms with Crippen LogP contribution in [0.25, 0.3) is 0 Å². The molecule has 2 atom stereocenters. The van der Waals surface area contributed by atoms with Crippen molar-refractivity contribution in [3.8, 4) is 0 Å². The Morgan fingerprint density at radius 2 is 1.45 bits per heavy atom. The normalized spacial score (nSPS) is 12.8. The van der Waals surface area contributed by atoms with Crippen LogP contribution < -0.4 is 5.32 Å². The predicted octanol–water partition coefficient (Wildman–Crippen LogP) is 6.39. The summed E-state index contributed by atoms with van der Waals surface area (Å²) in [5.74, 6) is 1.23. The molecule has 3 aromatic carbocycles. The Bertz CT molecular complexity index is 1180. The van der Waals surface area contributed by atoms with Crippen LogP contribution in [0.5, 0.6) is 0 Å². The van der Waals surface area contributed by atoms with Gasteiger partial charge >= 0.3 is 0 Å². The second kappa shape index (κ2) is 10.6. The summed E-state index contributed by atoms with van der Waals surface area (Å²) in [5, 5.41) is 14.0. The number of hydrogen-bond acceptors (Lipinski definition) is 4. The quantitative estimate of drug-likeness (QED) is 0.301. The van der Waals surface area contributed by atoms with Crippen molar-refractivity contribution in [2.75, 3.05) is 0 Å². The number of amides is 1. The highest BCUT2D eigenvalue weighted by Gasteiger charge is 2.26. The van der Waals surface area contributed by atoms with E-state index in [9.17, 15) is 9.90 Å². The van der Waals surface area contributed by atoms with Gasteiger partial charge in [0.25, 0.3) is 5.91 Å². The molecule has 0 radical (unpaired) electrons. The summed E-state index contributed by atoms with van der Waals surface area (Å²) >= 11 is 1.70. The van der Waals surface area contributed by atoms with Crippen LogP contribution in [-0.4, -0.2) is 11.0 Å². The Labute approximate surface area is 198 Å². The van der Waals surface area contributed by atoms with Crippen molar-refractivity contribution in [2.45, 2.75) is 36.6 Å². The van der Waals surface area contributed by atoms with Gasteiger partial charge in [0.05, 0.1) is 11.8 Å². The Morgan fingerprint density at radius 3 is 2.09 bits per heavy atom. The van der Waals surface area contributed by atoms with Gasteiger partial charge in [-0.2, -0.15) is 0 Å². The average molecular weight is 458 g/mol. The van der Waals surface area contributed by atoms with E-state index in [4.69, 9.17) is 4.42 Å². The maximum absolute atomic E-state index is 13.0. The number of carbonyl (C=O) groups is 1. The van der Waals surface area contributed by atoms with Gasteiger partial charge in [-0.05, 0) is 48.2 Å². The van der Waals surface area contributed by atoms with Crippen molar-refractivity contribution >= 4 is 17.7 Å². The number of aliphatic hydroxyl groups excluding tert-OH is 1. The zero-order chi connectivity index (χ0) is 23.2. The molecule has 0 saturated heterocycles. The van der Waals surface area contributed by atoms with Gasteiger partial charge in [-0.25, -0.2) is 0 Å². The van der Waals surface area contributed by atoms with E-state index in [1.54, 1.807) is 17.8 Å². The molecule has 2 N–H and O–H groups in total. The molecule has 0 aliphatic heterocycles. The van der Waals surface area contributed by atoms with Gasteiger partial charge in [-0.3, -0.25) is 4.79 Å². The maximum Gasteiger partial charge on any atom is 0.287 e. The number of aryl methyl sites for hydroxylation is 2. The van der Waals surface area contributed by atoms with Crippen LogP contribution in [0.3, 0.4) is 0 Å². The molecule has 5 heteroatoms. The average Bonchev–Trinajstić information content (AvgIpc) is 3.32. The molecule has 0 spiro atoms. The Morgan fingerprint density at radius 1 is 0.848 bits per heavy atom. The summed E-state index contributed by atoms with van der Waals surface area (Å²) < 4.78 is 5.85. The third kappa shape index (κ3) is 5.56. The number of nitrogens with one attached hydrogen (secondary N) is 1. The molecule has 0 fully saturated rings. The van der Waals surface area contributed by atoms with Crippen LogP contribution in [0.4, 0.5) is 0 Å². The highest BCUT2D eigenvalue weighted by molar-refractivity contribution is 7.98. The number of furan rings is 1. The Balaban J connectivity index is 1.49. The largest absolute Gasteiger partial charge is 0.455 e. The van der Waals surface area contributed by atoms with Crippen LogP contribution in [0.2, 0.25) is 0 Å². The minimum atomic E-state index is -0.897. The fraction of sp³-hybridized carbons (Fsp3) is 0.179. The molecule has 0 bridgehead atoms. The van der Waals surface area contributed by atoms with Gasteiger partial charge < -0.3 is 14.8 Å². The summed E-state index contributed by atoms with van der Waals surface area (Å²) in [6.07, 6.45) is -0.897. The predicted molar refractivity (Wildman–Crippen MR) is 132 cm³/mol. The van der Waals surface area contributed by atoms with Crippen LogP contribution in [0, 0.1) is 13.8 Å². The highest BCUT2D eigenvalue weighted by Crippen LogP contribution is 2.31. The van der Waals surface area contributed by atoms with E-state index in [1.165, 1.54) is 16.0 Å². The topological polar surface area (TPSA) is 62.5 Å². The second-order valence-corrected chi connectivity index (χ2v) is 8.98. The van der Waals surface area contributed by atoms with Gasteiger partial charge in [0.1, 0.15) is 11.9 Å². The van der Waals surface area contributed by atoms with Crippen molar-refractivity contribution < 1.29 is 14.3 Å². The molecule has 1 aromatic heterocycles. The number of thioether (sulfide) groups is 1. The van der Waals surface area contributed by atoms with Crippen molar-refractivity contribution in [1.29, 1.82) is 0 Å². The fourth-order valence-electron chi connectivity index (χ4n) is 3.81. The number of hydrogen-bond donors (Lipinski definition) is 2. The van der Waals surface area contributed by atoms with Gasteiger partial charge in [0.15, 0.2) is 5.76 Å². The third-order valence-corrected chi connectivity index (χ3v) is 6.92. The van der Waals surface area contributed by atoms with Gasteiger partial charge in [-0.1, -0.05) is 78.9 Å². The lowest BCUT2D eigenvalue weighted by atomic mass is 9.95. The van der Waals surface area contributed by atoms with Gasteiger partial charge in [-0.15, -0.1) is 11.8 Å². The molecule has 0 saturated carbocycles. The summed E-state index contributed by atoms with van der Waals surface area (Å²) in [7, 11) is 0. The fourth-order valence-corrected chi connectivity index (χ4v) is 4.84. The molecular formula is C28H27NO3S. The first kappa shape index (κ1) is 22.9. The maximum atomic E-state index is 13.0. The van der Waals surface area contributed by atoms with Crippen LogP contribution in [0.15, 0.2) is 100 Å². The van der Waals surface area contributed by atoms with E-state index >= 15 is 0 Å². The lowest BCUT2D eigenvalue weighted by molar-refractivity contribution is 0.0805. The molecule has 4 nitrogen and oxygen atoms in total. The minimum Gasteiger partial charge on any atom is -0.455 e. The molecule has 0 aliphatic carbocycles. The van der Waals surface area contributed by atoms with Gasteiger partial charge in [0.2, 0.25) is 0 Å². The molecule has 33 heavy (non-hydrogen) atoms. The Hall–Kier alpha value is -3.28. The van der Waals surface area contributed by atoms with Crippen molar-refractivity contribution in [2.24, 2.45) is 0 Å². The van der Waals surface area contributed by atoms with Crippen molar-refractivity contribution in [3.05, 3.63) is 125 Å². The van der Waals surface area contributed by atoms with E-state index in [0.717, 1.165) is 16.9 Å². The number of carbonyl (C=O) groups excluding carboxylic acids is 1. The number of aliphatic hydroxyl groups is 1. The van der Waals surface area contributed by atoms with E-state index in [-0.39, 0.29) is 11.7 Å². The summed E-state index contributed by atoms with van der Waals surface area (Å²) in [5.41, 5.74) is 4.01. The number of rotatable bonds is 8. The lowest BCUT2D eigenvalue weighted by Gasteiger charge is -2.24. The second-order valence-electron chi connectivity index (χ2n) is 7.99. The van der Waals surface area contributed by atoms with E-state index < -0.39 is 12.1 Å². The van der Waals surface area contributed by atoms with E-state index in [2.05, 4.69) is 37.4 Å². The van der Waals surface area contributed by atoms with Gasteiger partial charge in [0, 0.05) is 4.90 Å². The first-order chi connectivity index (χ1) is 16.0. The molecule has 4 rings (SSSR count). The van der Waals surface area contributed by atoms with Crippen LogP contribution >= 0.6 is 11.8 Å². The molecule has 168 valence electrons. The molecule has 0 unspecified atom stereocenters. The summed E-state index contributed by atoms with van der Waals surface area (Å²) in [4.78, 5) is 14.3. The molecular weight excluding hydrogens is 430 g/mol. The molecule has 4 aromatic rings. The third-order valence-electron chi connectivity index (χ3n) is 5.56. The molecule has 0 aliphatic rings. The summed E-state index contributed by atoms with van der Waals surface area (Å²) in [6.45, 7) is 4.19. The van der Waals surface area contributed by atoms with E-state index in [1.807, 2.05) is 66.7 Å². The van der Waals surface area contributed by atoms with Crippen molar-refractivity contribution in [1.82, 2.24) is 5.32 Å². The smallest absolute Gasteiger partial charge is 0.287 e. The lowest BCUT2D eigenvalue weighted by Crippen LogP contribution is -2.32. The summed E-state index contributed by atoms with van der Waals surface area (Å²) in [6, 6.07) is 28.0. The Kier molecular flexibility index (Phi) is 7.33. The monoisotopic (exact) mass is 457 g/mol. The molecule has 1 amide bonds. The molecule has 1 heterocycles. The minimum absolute atomic E-state index is 0.230. The van der Waals surface area contributed by atoms with Crippen LogP contribution in [-0.2, 0) is 5.75 Å². The van der Waals surface area contributed by atoms with Crippen LogP contribution in [0.1, 0.15) is 50.7 Å². The zero-order valence-electron chi connectivity index (χ0n) is 18.7. The SMILES string of the molecule is Cc1cccc(C)c1SCc1ccc(C(=O)N[C@H](c2ccccc2)[C@@H](O)c2ccccc2)o1. The first-order valence-electron chi connectivity index (χ1n) is 10.9. The van der Waals surface area contributed by atoms with E-state index in [0.29, 0.717) is 5.75 Å². The standard InChI is InChI=1S/C28H27NO3S/c1-19-10-9-11-20(2)27(19)33-18-23-16-17-24(32-23)28(31)29-25(21-12-5-3-6-13-21)26(30)22-14-7-4-8-15-22/h3-17,25-26,30H,18H2,1-2H3,(H,29,31)/t25-,26+/m1/s1. The zero-order valence-corrected chi connectivity index (χ0v) is 19.5.